The minimum Gasteiger partial charge on any atom is -0.271 e. The number of rotatable bonds is 4. The lowest BCUT2D eigenvalue weighted by molar-refractivity contribution is 0.783. The SMILES string of the molecule is N#CCn1c(=O)n(-c2ccccc2)c2nc(-c3ccc(Cl)cc3Cl)n(-c3ccc(Cl)cc3)c(=O)c21. The Balaban J connectivity index is 1.99. The number of halogens is 3. The van der Waals surface area contributed by atoms with E-state index in [1.54, 1.807) is 66.7 Å². The van der Waals surface area contributed by atoms with Crippen LogP contribution >= 0.6 is 34.8 Å². The molecule has 0 aliphatic rings. The molecule has 35 heavy (non-hydrogen) atoms. The summed E-state index contributed by atoms with van der Waals surface area (Å²) in [5.74, 6) is 0.199. The fourth-order valence-corrected chi connectivity index (χ4v) is 4.53. The third-order valence-corrected chi connectivity index (χ3v) is 6.24. The van der Waals surface area contributed by atoms with Crippen LogP contribution in [-0.4, -0.2) is 18.7 Å². The van der Waals surface area contributed by atoms with Gasteiger partial charge in [0.15, 0.2) is 17.0 Å². The number of nitriles is 1. The van der Waals surface area contributed by atoms with E-state index in [1.807, 2.05) is 12.1 Å². The van der Waals surface area contributed by atoms with Gasteiger partial charge in [0.2, 0.25) is 0 Å². The highest BCUT2D eigenvalue weighted by molar-refractivity contribution is 6.36. The molecule has 2 aromatic heterocycles. The molecule has 0 saturated carbocycles. The number of nitrogens with zero attached hydrogens (tertiary/aromatic N) is 5. The molecule has 7 nitrogen and oxygen atoms in total. The number of hydrogen-bond acceptors (Lipinski definition) is 4. The van der Waals surface area contributed by atoms with E-state index in [9.17, 15) is 14.9 Å². The number of fused-ring (bicyclic) bond motifs is 1. The van der Waals surface area contributed by atoms with Crippen LogP contribution in [0.3, 0.4) is 0 Å². The Bertz CT molecular complexity index is 1750. The van der Waals surface area contributed by atoms with Crippen LogP contribution in [0.25, 0.3) is 33.9 Å². The van der Waals surface area contributed by atoms with Crippen LogP contribution < -0.4 is 11.2 Å². The molecular formula is C25H14Cl3N5O2. The summed E-state index contributed by atoms with van der Waals surface area (Å²) in [6.07, 6.45) is 0. The summed E-state index contributed by atoms with van der Waals surface area (Å²) in [4.78, 5) is 32.2. The van der Waals surface area contributed by atoms with Crippen molar-refractivity contribution in [3.63, 3.8) is 0 Å². The van der Waals surface area contributed by atoms with Crippen molar-refractivity contribution in [2.24, 2.45) is 0 Å². The van der Waals surface area contributed by atoms with Gasteiger partial charge in [-0.25, -0.2) is 14.3 Å². The first kappa shape index (κ1) is 22.9. The molecule has 3 aromatic carbocycles. The van der Waals surface area contributed by atoms with E-state index in [0.29, 0.717) is 27.0 Å². The molecule has 0 fully saturated rings. The summed E-state index contributed by atoms with van der Waals surface area (Å²) >= 11 is 18.7. The maximum atomic E-state index is 14.0. The van der Waals surface area contributed by atoms with Gasteiger partial charge in [0.1, 0.15) is 6.54 Å². The molecule has 0 aliphatic carbocycles. The topological polar surface area (TPSA) is 85.6 Å². The fourth-order valence-electron chi connectivity index (χ4n) is 3.91. The second kappa shape index (κ2) is 9.08. The van der Waals surface area contributed by atoms with Crippen LogP contribution in [0.2, 0.25) is 15.1 Å². The predicted molar refractivity (Wildman–Crippen MR) is 137 cm³/mol. The number of imidazole rings is 1. The first-order valence-corrected chi connectivity index (χ1v) is 11.5. The van der Waals surface area contributed by atoms with Crippen LogP contribution in [0.5, 0.6) is 0 Å². The highest BCUT2D eigenvalue weighted by Gasteiger charge is 2.24. The molecule has 0 radical (unpaired) electrons. The molecule has 0 atom stereocenters. The molecule has 0 amide bonds. The summed E-state index contributed by atoms with van der Waals surface area (Å²) in [6.45, 7) is -0.326. The average Bonchev–Trinajstić information content (AvgIpc) is 3.12. The normalized spacial score (nSPS) is 11.0. The lowest BCUT2D eigenvalue weighted by Crippen LogP contribution is -2.26. The molecule has 0 bridgehead atoms. The third kappa shape index (κ3) is 3.92. The quantitative estimate of drug-likeness (QED) is 0.312. The van der Waals surface area contributed by atoms with E-state index in [-0.39, 0.29) is 28.6 Å². The molecule has 2 heterocycles. The second-order valence-electron chi connectivity index (χ2n) is 7.55. The standard InChI is InChI=1S/C25H14Cl3N5O2/c26-15-6-9-18(10-7-15)32-22(19-11-8-16(27)14-20(19)28)30-23-21(24(32)34)31(13-12-29)25(35)33(23)17-4-2-1-3-5-17/h1-11,14H,13H2. The Morgan fingerprint density at radius 2 is 1.49 bits per heavy atom. The monoisotopic (exact) mass is 521 g/mol. The Morgan fingerprint density at radius 3 is 2.14 bits per heavy atom. The van der Waals surface area contributed by atoms with Gasteiger partial charge in [-0.15, -0.1) is 0 Å². The molecule has 10 heteroatoms. The minimum absolute atomic E-state index is 0.0100. The molecule has 0 saturated heterocycles. The van der Waals surface area contributed by atoms with E-state index < -0.39 is 11.2 Å². The lowest BCUT2D eigenvalue weighted by Gasteiger charge is -2.15. The molecular weight excluding hydrogens is 509 g/mol. The van der Waals surface area contributed by atoms with Gasteiger partial charge in [-0.2, -0.15) is 5.26 Å². The van der Waals surface area contributed by atoms with Gasteiger partial charge in [0.05, 0.1) is 22.5 Å². The lowest BCUT2D eigenvalue weighted by atomic mass is 10.2. The Labute approximate surface area is 213 Å². The Morgan fingerprint density at radius 1 is 0.829 bits per heavy atom. The van der Waals surface area contributed by atoms with E-state index in [4.69, 9.17) is 39.8 Å². The zero-order chi connectivity index (χ0) is 24.7. The Kier molecular flexibility index (Phi) is 5.95. The number of hydrogen-bond donors (Lipinski definition) is 0. The molecule has 172 valence electrons. The van der Waals surface area contributed by atoms with Crippen molar-refractivity contribution < 1.29 is 0 Å². The van der Waals surface area contributed by atoms with Gasteiger partial charge in [0.25, 0.3) is 5.56 Å². The van der Waals surface area contributed by atoms with Crippen molar-refractivity contribution in [1.29, 1.82) is 5.26 Å². The molecule has 5 aromatic rings. The van der Waals surface area contributed by atoms with Gasteiger partial charge < -0.3 is 0 Å². The zero-order valence-electron chi connectivity index (χ0n) is 17.8. The molecule has 5 rings (SSSR count). The van der Waals surface area contributed by atoms with Crippen LogP contribution in [0.1, 0.15) is 0 Å². The summed E-state index contributed by atoms with van der Waals surface area (Å²) < 4.78 is 3.78. The summed E-state index contributed by atoms with van der Waals surface area (Å²) in [7, 11) is 0. The smallest absolute Gasteiger partial charge is 0.271 e. The maximum Gasteiger partial charge on any atom is 0.336 e. The average molecular weight is 523 g/mol. The molecule has 0 aliphatic heterocycles. The first-order valence-electron chi connectivity index (χ1n) is 10.3. The van der Waals surface area contributed by atoms with Crippen molar-refractivity contribution in [3.05, 3.63) is 109 Å². The number of benzene rings is 3. The van der Waals surface area contributed by atoms with Gasteiger partial charge in [-0.3, -0.25) is 13.9 Å². The van der Waals surface area contributed by atoms with Crippen LogP contribution in [-0.2, 0) is 6.54 Å². The van der Waals surface area contributed by atoms with Crippen molar-refractivity contribution in [2.45, 2.75) is 6.54 Å². The van der Waals surface area contributed by atoms with Gasteiger partial charge >= 0.3 is 5.69 Å². The molecule has 0 N–H and O–H groups in total. The Hall–Kier alpha value is -3.83. The van der Waals surface area contributed by atoms with Crippen molar-refractivity contribution in [2.75, 3.05) is 0 Å². The van der Waals surface area contributed by atoms with Crippen LogP contribution in [0, 0.1) is 11.3 Å². The summed E-state index contributed by atoms with van der Waals surface area (Å²) in [5, 5.41) is 10.6. The van der Waals surface area contributed by atoms with Gasteiger partial charge in [0, 0.05) is 15.6 Å². The summed E-state index contributed by atoms with van der Waals surface area (Å²) in [6, 6.07) is 22.2. The zero-order valence-corrected chi connectivity index (χ0v) is 20.1. The number of aromatic nitrogens is 4. The van der Waals surface area contributed by atoms with E-state index in [1.165, 1.54) is 9.13 Å². The van der Waals surface area contributed by atoms with E-state index in [2.05, 4.69) is 0 Å². The van der Waals surface area contributed by atoms with E-state index >= 15 is 0 Å². The molecule has 0 spiro atoms. The molecule has 0 unspecified atom stereocenters. The highest BCUT2D eigenvalue weighted by atomic mass is 35.5. The highest BCUT2D eigenvalue weighted by Crippen LogP contribution is 2.31. The third-order valence-electron chi connectivity index (χ3n) is 5.45. The maximum absolute atomic E-state index is 14.0. The van der Waals surface area contributed by atoms with Gasteiger partial charge in [-0.05, 0) is 54.6 Å². The predicted octanol–water partition coefficient (Wildman–Crippen LogP) is 5.49. The van der Waals surface area contributed by atoms with Crippen LogP contribution in [0.15, 0.2) is 82.4 Å². The van der Waals surface area contributed by atoms with Crippen LogP contribution in [0.4, 0.5) is 0 Å². The van der Waals surface area contributed by atoms with Crippen molar-refractivity contribution >= 4 is 46.0 Å². The fraction of sp³-hybridized carbons (Fsp3) is 0.0400. The minimum atomic E-state index is -0.556. The first-order chi connectivity index (χ1) is 16.9. The second-order valence-corrected chi connectivity index (χ2v) is 8.83. The van der Waals surface area contributed by atoms with Gasteiger partial charge in [-0.1, -0.05) is 53.0 Å². The largest absolute Gasteiger partial charge is 0.336 e. The number of para-hydroxylation sites is 1. The van der Waals surface area contributed by atoms with Crippen molar-refractivity contribution in [3.8, 4) is 28.8 Å². The summed E-state index contributed by atoms with van der Waals surface area (Å²) in [5.41, 5.74) is 0.392. The van der Waals surface area contributed by atoms with E-state index in [0.717, 1.165) is 4.57 Å². The van der Waals surface area contributed by atoms with Crippen molar-refractivity contribution in [1.82, 2.24) is 18.7 Å².